The standard InChI is InChI=1S/C50H58FN11O6S/c1-29-35(38-25-55-49(62-27-57-60-46(38)62)54-24-37-36-19-21-68-41(36)17-16-39(37)51)15-13-33(58-29)14-18-42(64)52-20-7-6-8-43(65)59-45(50(3,4)5)48(67)61-26-34(63)22-40(61)47(66)53-23-31-9-11-32(12-10-31)44-30(2)56-28-69-44/h9-13,15-17,25,27-28,34,40,45,63H,6-8,14,18-24,26H2,1-5H3,(H,52,64)(H,53,66)(H,54,55)(H,59,65)/t34?,40-,45?/m0/s1. The minimum absolute atomic E-state index is 0.0134. The summed E-state index contributed by atoms with van der Waals surface area (Å²) in [6.07, 6.45) is 4.92. The van der Waals surface area contributed by atoms with Crippen molar-refractivity contribution in [1.82, 2.24) is 50.4 Å². The number of hydrogen-bond donors (Lipinski definition) is 5. The summed E-state index contributed by atoms with van der Waals surface area (Å²) in [5, 5.41) is 31.0. The van der Waals surface area contributed by atoms with Crippen LogP contribution in [-0.2, 0) is 45.1 Å². The number of unbranched alkanes of at least 4 members (excludes halogenated alkanes) is 1. The van der Waals surface area contributed by atoms with Crippen LogP contribution in [0, 0.1) is 25.1 Å². The number of aromatic nitrogens is 6. The highest BCUT2D eigenvalue weighted by Gasteiger charge is 2.44. The molecule has 1 saturated heterocycles. The number of β-amino-alcohol motifs (C(OH)–C–C–N with tert-alkyl or cyclic N) is 1. The van der Waals surface area contributed by atoms with E-state index >= 15 is 0 Å². The third kappa shape index (κ3) is 11.4. The lowest BCUT2D eigenvalue weighted by Crippen LogP contribution is -2.57. The molecule has 2 aliphatic rings. The number of anilines is 1. The summed E-state index contributed by atoms with van der Waals surface area (Å²) < 4.78 is 22.1. The van der Waals surface area contributed by atoms with E-state index in [-0.39, 0.29) is 62.4 Å². The molecule has 2 aromatic carbocycles. The van der Waals surface area contributed by atoms with Gasteiger partial charge in [-0.2, -0.15) is 0 Å². The molecule has 4 amide bonds. The number of hydrogen-bond acceptors (Lipinski definition) is 13. The van der Waals surface area contributed by atoms with Gasteiger partial charge in [0.05, 0.1) is 28.8 Å². The molecule has 0 aliphatic carbocycles. The summed E-state index contributed by atoms with van der Waals surface area (Å²) in [6.45, 7) is 10.7. The monoisotopic (exact) mass is 959 g/mol. The Morgan fingerprint density at radius 3 is 2.51 bits per heavy atom. The normalized spacial score (nSPS) is 16.0. The second kappa shape index (κ2) is 21.2. The van der Waals surface area contributed by atoms with E-state index < -0.39 is 29.5 Å². The van der Waals surface area contributed by atoms with Crippen LogP contribution in [0.5, 0.6) is 5.75 Å². The van der Waals surface area contributed by atoms with E-state index in [1.165, 1.54) is 11.0 Å². The van der Waals surface area contributed by atoms with E-state index in [1.54, 1.807) is 34.3 Å². The topological polar surface area (TPSA) is 218 Å². The van der Waals surface area contributed by atoms with Crippen molar-refractivity contribution in [2.24, 2.45) is 5.41 Å². The minimum atomic E-state index is -0.933. The summed E-state index contributed by atoms with van der Waals surface area (Å²) in [6, 6.07) is 12.9. The molecule has 0 spiro atoms. The molecule has 3 atom stereocenters. The molecule has 19 heteroatoms. The van der Waals surface area contributed by atoms with Gasteiger partial charge in [0, 0.05) is 91.7 Å². The van der Waals surface area contributed by atoms with Crippen LogP contribution in [0.25, 0.3) is 27.2 Å². The zero-order chi connectivity index (χ0) is 48.8. The van der Waals surface area contributed by atoms with E-state index in [9.17, 15) is 28.7 Å². The molecule has 362 valence electrons. The Balaban J connectivity index is 0.768. The molecule has 69 heavy (non-hydrogen) atoms. The quantitative estimate of drug-likeness (QED) is 0.0662. The Kier molecular flexibility index (Phi) is 14.9. The van der Waals surface area contributed by atoms with E-state index in [4.69, 9.17) is 9.72 Å². The van der Waals surface area contributed by atoms with Crippen LogP contribution in [0.1, 0.15) is 86.6 Å². The summed E-state index contributed by atoms with van der Waals surface area (Å²) in [4.78, 5) is 69.7. The average molecular weight is 960 g/mol. The van der Waals surface area contributed by atoms with Crippen molar-refractivity contribution >= 4 is 46.6 Å². The van der Waals surface area contributed by atoms with Gasteiger partial charge in [0.25, 0.3) is 0 Å². The maximum atomic E-state index is 14.8. The molecule has 0 bridgehead atoms. The number of aryl methyl sites for hydroxylation is 3. The molecular weight excluding hydrogens is 902 g/mol. The van der Waals surface area contributed by atoms with Gasteiger partial charge in [-0.15, -0.1) is 21.5 Å². The number of aliphatic hydroxyl groups is 1. The fraction of sp³-hybridized carbons (Fsp3) is 0.420. The molecule has 0 radical (unpaired) electrons. The van der Waals surface area contributed by atoms with Crippen molar-refractivity contribution in [3.63, 3.8) is 0 Å². The molecule has 4 aromatic heterocycles. The zero-order valence-electron chi connectivity index (χ0n) is 39.5. The molecule has 6 heterocycles. The van der Waals surface area contributed by atoms with Crippen molar-refractivity contribution in [2.45, 2.75) is 111 Å². The number of amides is 4. The van der Waals surface area contributed by atoms with E-state index in [0.717, 1.165) is 49.8 Å². The molecule has 1 fully saturated rings. The summed E-state index contributed by atoms with van der Waals surface area (Å²) in [5.74, 6) is -0.392. The van der Waals surface area contributed by atoms with Gasteiger partial charge in [-0.05, 0) is 67.9 Å². The number of pyridine rings is 1. The number of nitrogens with zero attached hydrogens (tertiary/aromatic N) is 7. The van der Waals surface area contributed by atoms with Gasteiger partial charge in [0.15, 0.2) is 5.65 Å². The number of aliphatic hydroxyl groups excluding tert-OH is 1. The van der Waals surface area contributed by atoms with Crippen LogP contribution < -0.4 is 26.0 Å². The van der Waals surface area contributed by atoms with Gasteiger partial charge in [0.2, 0.25) is 29.6 Å². The lowest BCUT2D eigenvalue weighted by Gasteiger charge is -2.35. The first-order chi connectivity index (χ1) is 33.1. The second-order valence-electron chi connectivity index (χ2n) is 18.7. The zero-order valence-corrected chi connectivity index (χ0v) is 40.3. The van der Waals surface area contributed by atoms with Crippen LogP contribution in [0.3, 0.4) is 0 Å². The van der Waals surface area contributed by atoms with Crippen LogP contribution in [0.4, 0.5) is 10.3 Å². The number of benzene rings is 2. The van der Waals surface area contributed by atoms with Crippen molar-refractivity contribution < 1.29 is 33.4 Å². The van der Waals surface area contributed by atoms with Gasteiger partial charge in [0.1, 0.15) is 30.0 Å². The largest absolute Gasteiger partial charge is 0.493 e. The Hall–Kier alpha value is -6.86. The molecule has 0 saturated carbocycles. The highest BCUT2D eigenvalue weighted by Crippen LogP contribution is 2.33. The Bertz CT molecular complexity index is 2840. The first kappa shape index (κ1) is 48.6. The first-order valence-electron chi connectivity index (χ1n) is 23.3. The molecule has 6 aromatic rings. The summed E-state index contributed by atoms with van der Waals surface area (Å²) in [5.41, 5.74) is 8.99. The maximum Gasteiger partial charge on any atom is 0.246 e. The van der Waals surface area contributed by atoms with E-state index in [0.29, 0.717) is 61.7 Å². The SMILES string of the molecule is Cc1nc(CCC(=O)NCCCCC(=O)NC(C(=O)N2CC(O)C[C@H]2C(=O)NCc2ccc(-c3scnc3C)cc2)C(C)(C)C)ccc1-c1cnc(NCc2c(F)ccc3c2CCO3)n2cnnc12. The maximum absolute atomic E-state index is 14.8. The Morgan fingerprint density at radius 1 is 0.942 bits per heavy atom. The van der Waals surface area contributed by atoms with Crippen LogP contribution in [-0.4, -0.2) is 101 Å². The third-order valence-corrected chi connectivity index (χ3v) is 13.6. The molecule has 2 aliphatic heterocycles. The second-order valence-corrected chi connectivity index (χ2v) is 19.5. The lowest BCUT2D eigenvalue weighted by atomic mass is 9.85. The number of rotatable bonds is 18. The number of ether oxygens (including phenoxy) is 1. The smallest absolute Gasteiger partial charge is 0.246 e. The Labute approximate surface area is 403 Å². The molecule has 8 rings (SSSR count). The average Bonchev–Trinajstić information content (AvgIpc) is 4.17. The molecule has 17 nitrogen and oxygen atoms in total. The number of fused-ring (bicyclic) bond motifs is 2. The molecule has 5 N–H and O–H groups in total. The Morgan fingerprint density at radius 2 is 1.75 bits per heavy atom. The fourth-order valence-electron chi connectivity index (χ4n) is 8.83. The minimum Gasteiger partial charge on any atom is -0.493 e. The highest BCUT2D eigenvalue weighted by atomic mass is 32.1. The number of carbonyl (C=O) groups excluding carboxylic acids is 4. The highest BCUT2D eigenvalue weighted by molar-refractivity contribution is 7.13. The van der Waals surface area contributed by atoms with Crippen molar-refractivity contribution in [3.05, 3.63) is 106 Å². The first-order valence-corrected chi connectivity index (χ1v) is 24.2. The number of likely N-dealkylation sites (tertiary alicyclic amines) is 1. The van der Waals surface area contributed by atoms with Crippen LogP contribution in [0.2, 0.25) is 0 Å². The molecular formula is C50H58FN11O6S. The van der Waals surface area contributed by atoms with Crippen molar-refractivity contribution in [1.29, 1.82) is 0 Å². The van der Waals surface area contributed by atoms with Crippen LogP contribution in [0.15, 0.2) is 66.6 Å². The third-order valence-electron chi connectivity index (χ3n) is 12.6. The number of nitrogens with one attached hydrogen (secondary N) is 4. The number of thiazole rings is 1. The van der Waals surface area contributed by atoms with E-state index in [2.05, 4.69) is 41.4 Å². The summed E-state index contributed by atoms with van der Waals surface area (Å²) >= 11 is 1.57. The molecule has 2 unspecified atom stereocenters. The predicted octanol–water partition coefficient (Wildman–Crippen LogP) is 5.64. The van der Waals surface area contributed by atoms with Crippen molar-refractivity contribution in [2.75, 3.05) is 25.0 Å². The van der Waals surface area contributed by atoms with Gasteiger partial charge < -0.3 is 36.0 Å². The van der Waals surface area contributed by atoms with E-state index in [1.807, 2.05) is 76.5 Å². The number of halogens is 1. The van der Waals surface area contributed by atoms with Gasteiger partial charge >= 0.3 is 0 Å². The van der Waals surface area contributed by atoms with Gasteiger partial charge in [-0.3, -0.25) is 28.6 Å². The van der Waals surface area contributed by atoms with Gasteiger partial charge in [-0.1, -0.05) is 51.1 Å². The number of carbonyl (C=O) groups is 4. The predicted molar refractivity (Wildman–Crippen MR) is 259 cm³/mol. The summed E-state index contributed by atoms with van der Waals surface area (Å²) in [7, 11) is 0. The lowest BCUT2D eigenvalue weighted by molar-refractivity contribution is -0.144. The van der Waals surface area contributed by atoms with Crippen molar-refractivity contribution in [3.8, 4) is 27.3 Å². The van der Waals surface area contributed by atoms with Gasteiger partial charge in [-0.25, -0.2) is 14.4 Å². The fourth-order valence-corrected chi connectivity index (χ4v) is 9.64. The van der Waals surface area contributed by atoms with Crippen LogP contribution >= 0.6 is 11.3 Å².